The van der Waals surface area contributed by atoms with Crippen LogP contribution in [0.5, 0.6) is 0 Å². The number of nitrogens with zero attached hydrogens (tertiary/aromatic N) is 2. The molecule has 4 rings (SSSR count). The highest BCUT2D eigenvalue weighted by Gasteiger charge is 2.29. The Labute approximate surface area is 235 Å². The van der Waals surface area contributed by atoms with Crippen molar-refractivity contribution in [3.63, 3.8) is 0 Å². The van der Waals surface area contributed by atoms with Crippen LogP contribution in [-0.2, 0) is 16.0 Å². The molecule has 12 heteroatoms. The molecule has 4 N–H and O–H groups in total. The third-order valence-corrected chi connectivity index (χ3v) is 8.36. The molecule has 0 saturated carbocycles. The first-order valence-electron chi connectivity index (χ1n) is 12.9. The van der Waals surface area contributed by atoms with Crippen LogP contribution in [0.25, 0.3) is 0 Å². The van der Waals surface area contributed by atoms with Gasteiger partial charge in [0.25, 0.3) is 11.8 Å². The van der Waals surface area contributed by atoms with E-state index in [-0.39, 0.29) is 17.7 Å². The molecule has 1 aromatic carbocycles. The van der Waals surface area contributed by atoms with Crippen LogP contribution in [0.4, 0.5) is 0 Å². The molecule has 206 valence electrons. The van der Waals surface area contributed by atoms with E-state index in [9.17, 15) is 19.2 Å². The standard InChI is InChI=1S/C27H32N6O4S2/c1-3-18-24(35)32-20(13-17-9-5-4-6-10-17)27-33-21(14-38-27)23(34)28-12-8-7-11-19(25(36)30-18)31-26(37)22-16(2)29-15-39-22/h4-6,9-10,14-15,18-20H,3,7-8,11-13H2,1-2H3,(H,28,34)(H,30,36)(H,31,37)(H,32,35)/t18-,19+,20+/m1/s1. The second-order valence-electron chi connectivity index (χ2n) is 9.34. The molecule has 2 bridgehead atoms. The number of thiazole rings is 2. The van der Waals surface area contributed by atoms with Gasteiger partial charge in [-0.05, 0) is 44.6 Å². The summed E-state index contributed by atoms with van der Waals surface area (Å²) in [4.78, 5) is 61.4. The first-order chi connectivity index (χ1) is 18.9. The lowest BCUT2D eigenvalue weighted by Gasteiger charge is -2.24. The molecule has 1 aliphatic heterocycles. The summed E-state index contributed by atoms with van der Waals surface area (Å²) in [7, 11) is 0. The molecular weight excluding hydrogens is 536 g/mol. The lowest BCUT2D eigenvalue weighted by molar-refractivity contribution is -0.130. The third kappa shape index (κ3) is 7.48. The van der Waals surface area contributed by atoms with Gasteiger partial charge < -0.3 is 21.3 Å². The Hall–Kier alpha value is -3.64. The lowest BCUT2D eigenvalue weighted by atomic mass is 10.0. The minimum atomic E-state index is -0.844. The zero-order chi connectivity index (χ0) is 27.8. The summed E-state index contributed by atoms with van der Waals surface area (Å²) in [6.45, 7) is 3.96. The van der Waals surface area contributed by atoms with Gasteiger partial charge in [0.2, 0.25) is 11.8 Å². The van der Waals surface area contributed by atoms with E-state index in [4.69, 9.17) is 0 Å². The fourth-order valence-electron chi connectivity index (χ4n) is 4.28. The summed E-state index contributed by atoms with van der Waals surface area (Å²) >= 11 is 2.52. The number of aromatic nitrogens is 2. The van der Waals surface area contributed by atoms with Gasteiger partial charge in [0.15, 0.2) is 0 Å². The smallest absolute Gasteiger partial charge is 0.270 e. The molecule has 3 atom stereocenters. The third-order valence-electron chi connectivity index (χ3n) is 6.47. The van der Waals surface area contributed by atoms with Crippen molar-refractivity contribution in [1.29, 1.82) is 0 Å². The predicted molar refractivity (Wildman–Crippen MR) is 150 cm³/mol. The molecule has 0 radical (unpaired) electrons. The number of rotatable bonds is 5. The molecular formula is C27H32N6O4S2. The van der Waals surface area contributed by atoms with E-state index in [1.54, 1.807) is 17.8 Å². The fraction of sp³-hybridized carbons (Fsp3) is 0.407. The van der Waals surface area contributed by atoms with Gasteiger partial charge in [-0.2, -0.15) is 0 Å². The van der Waals surface area contributed by atoms with Crippen molar-refractivity contribution >= 4 is 46.3 Å². The van der Waals surface area contributed by atoms with E-state index in [0.29, 0.717) is 59.9 Å². The van der Waals surface area contributed by atoms with E-state index < -0.39 is 24.0 Å². The minimum absolute atomic E-state index is 0.288. The molecule has 1 aliphatic rings. The maximum absolute atomic E-state index is 13.4. The van der Waals surface area contributed by atoms with Gasteiger partial charge in [-0.15, -0.1) is 22.7 Å². The molecule has 0 saturated heterocycles. The van der Waals surface area contributed by atoms with Crippen molar-refractivity contribution in [2.45, 2.75) is 64.1 Å². The number of carbonyl (C=O) groups excluding carboxylic acids is 4. The summed E-state index contributed by atoms with van der Waals surface area (Å²) in [6.07, 6.45) is 2.36. The summed E-state index contributed by atoms with van der Waals surface area (Å²) in [5, 5.41) is 13.9. The largest absolute Gasteiger partial charge is 0.351 e. The van der Waals surface area contributed by atoms with Gasteiger partial charge >= 0.3 is 0 Å². The molecule has 3 aromatic rings. The summed E-state index contributed by atoms with van der Waals surface area (Å²) in [5.74, 6) is -1.45. The molecule has 4 amide bonds. The Kier molecular flexibility index (Phi) is 9.77. The average Bonchev–Trinajstić information content (AvgIpc) is 3.60. The van der Waals surface area contributed by atoms with Crippen molar-refractivity contribution in [1.82, 2.24) is 31.2 Å². The number of fused-ring (bicyclic) bond motifs is 2. The highest BCUT2D eigenvalue weighted by molar-refractivity contribution is 7.11. The van der Waals surface area contributed by atoms with Crippen molar-refractivity contribution in [2.24, 2.45) is 0 Å². The van der Waals surface area contributed by atoms with E-state index in [0.717, 1.165) is 5.56 Å². The van der Waals surface area contributed by atoms with Gasteiger partial charge in [-0.1, -0.05) is 37.3 Å². The molecule has 3 heterocycles. The van der Waals surface area contributed by atoms with Crippen molar-refractivity contribution < 1.29 is 19.2 Å². The first-order valence-corrected chi connectivity index (χ1v) is 14.7. The number of aryl methyl sites for hydroxylation is 1. The van der Waals surface area contributed by atoms with Crippen LogP contribution in [0, 0.1) is 6.92 Å². The Morgan fingerprint density at radius 2 is 1.82 bits per heavy atom. The lowest BCUT2D eigenvalue weighted by Crippen LogP contribution is -2.54. The second-order valence-corrected chi connectivity index (χ2v) is 11.1. The van der Waals surface area contributed by atoms with E-state index in [2.05, 4.69) is 31.2 Å². The van der Waals surface area contributed by atoms with Gasteiger partial charge in [0, 0.05) is 11.9 Å². The number of amides is 4. The zero-order valence-corrected chi connectivity index (χ0v) is 23.5. The highest BCUT2D eigenvalue weighted by atomic mass is 32.1. The Morgan fingerprint density at radius 1 is 1.05 bits per heavy atom. The van der Waals surface area contributed by atoms with Crippen LogP contribution in [0.15, 0.2) is 41.2 Å². The number of nitrogens with one attached hydrogen (secondary N) is 4. The second kappa shape index (κ2) is 13.4. The maximum Gasteiger partial charge on any atom is 0.270 e. The molecule has 2 aromatic heterocycles. The monoisotopic (exact) mass is 568 g/mol. The van der Waals surface area contributed by atoms with Crippen molar-refractivity contribution in [3.8, 4) is 0 Å². The molecule has 0 aliphatic carbocycles. The maximum atomic E-state index is 13.4. The molecule has 39 heavy (non-hydrogen) atoms. The zero-order valence-electron chi connectivity index (χ0n) is 21.9. The van der Waals surface area contributed by atoms with Crippen LogP contribution in [0.1, 0.15) is 75.1 Å². The van der Waals surface area contributed by atoms with Crippen LogP contribution < -0.4 is 21.3 Å². The van der Waals surface area contributed by atoms with E-state index >= 15 is 0 Å². The summed E-state index contributed by atoms with van der Waals surface area (Å²) < 4.78 is 0. The van der Waals surface area contributed by atoms with Gasteiger partial charge in [-0.3, -0.25) is 19.2 Å². The van der Waals surface area contributed by atoms with E-state index in [1.165, 1.54) is 22.7 Å². The van der Waals surface area contributed by atoms with Crippen LogP contribution in [-0.4, -0.2) is 52.2 Å². The van der Waals surface area contributed by atoms with Gasteiger partial charge in [0.05, 0.1) is 17.2 Å². The summed E-state index contributed by atoms with van der Waals surface area (Å²) in [6, 6.07) is 7.54. The highest BCUT2D eigenvalue weighted by Crippen LogP contribution is 2.23. The Bertz CT molecular complexity index is 1310. The molecule has 10 nitrogen and oxygen atoms in total. The van der Waals surface area contributed by atoms with Gasteiger partial charge in [-0.25, -0.2) is 9.97 Å². The van der Waals surface area contributed by atoms with Crippen LogP contribution in [0.2, 0.25) is 0 Å². The number of hydrogen-bond acceptors (Lipinski definition) is 8. The molecule has 0 fully saturated rings. The summed E-state index contributed by atoms with van der Waals surface area (Å²) in [5.41, 5.74) is 3.48. The predicted octanol–water partition coefficient (Wildman–Crippen LogP) is 2.92. The quantitative estimate of drug-likeness (QED) is 0.373. The minimum Gasteiger partial charge on any atom is -0.351 e. The first kappa shape index (κ1) is 28.4. The SMILES string of the molecule is CC[C@H]1NC(=O)[C@@H](NC(=O)c2scnc2C)CCCCNC(=O)c2csc(n2)[C@H](Cc2ccccc2)NC1=O. The Morgan fingerprint density at radius 3 is 2.54 bits per heavy atom. The Balaban J connectivity index is 1.57. The molecule has 0 spiro atoms. The van der Waals surface area contributed by atoms with Crippen molar-refractivity contribution in [3.05, 3.63) is 68.1 Å². The number of hydrogen-bond donors (Lipinski definition) is 4. The average molecular weight is 569 g/mol. The van der Waals surface area contributed by atoms with Crippen molar-refractivity contribution in [2.75, 3.05) is 6.54 Å². The molecule has 0 unspecified atom stereocenters. The van der Waals surface area contributed by atoms with Crippen LogP contribution in [0.3, 0.4) is 0 Å². The normalized spacial score (nSPS) is 21.0. The topological polar surface area (TPSA) is 142 Å². The van der Waals surface area contributed by atoms with E-state index in [1.807, 2.05) is 37.3 Å². The number of carbonyl (C=O) groups is 4. The van der Waals surface area contributed by atoms with Gasteiger partial charge in [0.1, 0.15) is 27.7 Å². The fourth-order valence-corrected chi connectivity index (χ4v) is 5.83. The van der Waals surface area contributed by atoms with Crippen LogP contribution >= 0.6 is 22.7 Å². The number of benzene rings is 1.